The first-order valence-corrected chi connectivity index (χ1v) is 0. The van der Waals surface area contributed by atoms with Crippen LogP contribution in [0.2, 0.25) is 0 Å². The van der Waals surface area contributed by atoms with Crippen LogP contribution in [-0.4, -0.2) is 23.1 Å². The van der Waals surface area contributed by atoms with E-state index in [9.17, 15) is 0 Å². The van der Waals surface area contributed by atoms with Crippen LogP contribution in [0.5, 0.6) is 0 Å². The monoisotopic (exact) mass is 193 g/mol. The average Bonchev–Trinajstić information content (AvgIpc) is 0. The summed E-state index contributed by atoms with van der Waals surface area (Å²) in [6.07, 6.45) is 0. The van der Waals surface area contributed by atoms with E-state index in [4.69, 9.17) is 0 Å². The molecule has 0 rings (SSSR count). The van der Waals surface area contributed by atoms with E-state index < -0.39 is 0 Å². The van der Waals surface area contributed by atoms with E-state index in [1.54, 1.807) is 0 Å². The summed E-state index contributed by atoms with van der Waals surface area (Å²) in [6.45, 7) is 0. The Morgan fingerprint density at radius 2 is 1.00 bits per heavy atom. The Balaban J connectivity index is 0. The van der Waals surface area contributed by atoms with Crippen LogP contribution in [0.1, 0.15) is 0 Å². The van der Waals surface area contributed by atoms with Crippen molar-refractivity contribution in [3.8, 4) is 0 Å². The second kappa shape index (κ2) is 17.5. The summed E-state index contributed by atoms with van der Waals surface area (Å²) in [5.41, 5.74) is 0. The molecule has 0 atom stereocenters. The van der Waals surface area contributed by atoms with Gasteiger partial charge in [0.05, 0.1) is 0 Å². The van der Waals surface area contributed by atoms with Gasteiger partial charge in [-0.3, -0.25) is 0 Å². The number of hydrogen-bond donors (Lipinski definition) is 0. The third-order valence-electron chi connectivity index (χ3n) is 0. The van der Waals surface area contributed by atoms with E-state index in [0.29, 0.717) is 0 Å². The normalized spacial score (nSPS) is 0. The molecule has 0 spiro atoms. The molecular formula is H2MgMnTiZn. The molecule has 4 heavy (non-hydrogen) atoms. The van der Waals surface area contributed by atoms with Gasteiger partial charge in [0.25, 0.3) is 0 Å². The Morgan fingerprint density at radius 1 is 1.00 bits per heavy atom. The maximum atomic E-state index is 0. The third-order valence-corrected chi connectivity index (χ3v) is 0. The van der Waals surface area contributed by atoms with Crippen molar-refractivity contribution in [2.24, 2.45) is 0 Å². The van der Waals surface area contributed by atoms with Crippen LogP contribution >= 0.6 is 0 Å². The maximum absolute atomic E-state index is 0. The van der Waals surface area contributed by atoms with Gasteiger partial charge in [-0.15, -0.1) is 0 Å². The fourth-order valence-electron chi connectivity index (χ4n) is 0. The van der Waals surface area contributed by atoms with Gasteiger partial charge in [-0.2, -0.15) is 0 Å². The smallest absolute Gasteiger partial charge is 0 e. The standard InChI is InChI=1S/Mg.Mn.Ti.Zn.2H. The summed E-state index contributed by atoms with van der Waals surface area (Å²) in [4.78, 5) is 0. The Bertz CT molecular complexity index is 8.00. The molecule has 0 aromatic carbocycles. The van der Waals surface area contributed by atoms with Gasteiger partial charge in [0.15, 0.2) is 0 Å². The van der Waals surface area contributed by atoms with Gasteiger partial charge >= 0.3 is 23.1 Å². The largest absolute Gasteiger partial charge is 0.316 e. The van der Waals surface area contributed by atoms with Crippen molar-refractivity contribution in [1.29, 1.82) is 0 Å². The molecule has 0 nitrogen and oxygen atoms in total. The molecule has 0 saturated carbocycles. The van der Waals surface area contributed by atoms with Crippen molar-refractivity contribution in [3.05, 3.63) is 0 Å². The van der Waals surface area contributed by atoms with E-state index in [0.717, 1.165) is 0 Å². The SMILES string of the molecule is [MgH2].[Mn].[Ti].[Zn]. The molecule has 0 aromatic heterocycles. The zero-order valence-corrected chi connectivity index (χ0v) is 7.29. The molecular weight excluding hydrogens is 192 g/mol. The van der Waals surface area contributed by atoms with Gasteiger partial charge in [0, 0.05) is 58.3 Å². The molecule has 0 amide bonds. The first-order chi connectivity index (χ1) is 0. The van der Waals surface area contributed by atoms with Crippen molar-refractivity contribution in [2.45, 2.75) is 0 Å². The molecule has 0 aliphatic heterocycles. The summed E-state index contributed by atoms with van der Waals surface area (Å²) in [6, 6.07) is 0. The van der Waals surface area contributed by atoms with Gasteiger partial charge in [0.2, 0.25) is 0 Å². The predicted octanol–water partition coefficient (Wildman–Crippen LogP) is -0.924. The fourth-order valence-corrected chi connectivity index (χ4v) is 0. The molecule has 0 unspecified atom stereocenters. The van der Waals surface area contributed by atoms with E-state index in [1.807, 2.05) is 0 Å². The third kappa shape index (κ3) is 8.82. The van der Waals surface area contributed by atoms with E-state index in [-0.39, 0.29) is 81.3 Å². The molecule has 0 bridgehead atoms. The summed E-state index contributed by atoms with van der Waals surface area (Å²) >= 11 is 0. The zero-order valence-electron chi connectivity index (χ0n) is 1.59. The topological polar surface area (TPSA) is 0 Å². The van der Waals surface area contributed by atoms with Crippen molar-refractivity contribution < 1.29 is 58.3 Å². The molecule has 0 saturated heterocycles. The minimum atomic E-state index is 0. The van der Waals surface area contributed by atoms with Gasteiger partial charge in [-0.1, -0.05) is 0 Å². The molecule has 0 aliphatic carbocycles. The Labute approximate surface area is 80.1 Å². The molecule has 0 heterocycles. The summed E-state index contributed by atoms with van der Waals surface area (Å²) in [5.74, 6) is 0. The van der Waals surface area contributed by atoms with Crippen LogP contribution in [-0.2, 0) is 58.3 Å². The molecule has 0 aromatic rings. The predicted molar refractivity (Wildman–Crippen MR) is 8.54 cm³/mol. The summed E-state index contributed by atoms with van der Waals surface area (Å²) < 4.78 is 0. The van der Waals surface area contributed by atoms with Crippen LogP contribution in [0.25, 0.3) is 0 Å². The number of hydrogen-bond acceptors (Lipinski definition) is 0. The van der Waals surface area contributed by atoms with Crippen molar-refractivity contribution >= 4 is 23.1 Å². The van der Waals surface area contributed by atoms with Crippen LogP contribution < -0.4 is 0 Å². The summed E-state index contributed by atoms with van der Waals surface area (Å²) in [5, 5.41) is 0. The van der Waals surface area contributed by atoms with Gasteiger partial charge < -0.3 is 0 Å². The molecule has 17 valence electrons. The van der Waals surface area contributed by atoms with Crippen LogP contribution in [0.3, 0.4) is 0 Å². The minimum Gasteiger partial charge on any atom is 0 e. The Morgan fingerprint density at radius 3 is 1.00 bits per heavy atom. The fraction of sp³-hybridized carbons (Fsp3) is 0. The molecule has 4 heteroatoms. The first kappa shape index (κ1) is 30.4. The maximum Gasteiger partial charge on any atom is 0.316 e. The average molecular weight is 195 g/mol. The van der Waals surface area contributed by atoms with Crippen LogP contribution in [0.4, 0.5) is 0 Å². The van der Waals surface area contributed by atoms with Gasteiger partial charge in [-0.25, -0.2) is 0 Å². The van der Waals surface area contributed by atoms with Crippen LogP contribution in [0, 0.1) is 0 Å². The molecule has 0 aliphatic rings. The van der Waals surface area contributed by atoms with E-state index in [2.05, 4.69) is 0 Å². The quantitative estimate of drug-likeness (QED) is 0.438. The zero-order chi connectivity index (χ0) is 0. The second-order valence-electron chi connectivity index (χ2n) is 0. The Kier molecular flexibility index (Phi) is 133. The molecule has 0 fully saturated rings. The second-order valence-corrected chi connectivity index (χ2v) is 0. The van der Waals surface area contributed by atoms with E-state index in [1.165, 1.54) is 0 Å². The van der Waals surface area contributed by atoms with Crippen molar-refractivity contribution in [1.82, 2.24) is 0 Å². The minimum absolute atomic E-state index is 0. The van der Waals surface area contributed by atoms with Gasteiger partial charge in [-0.05, 0) is 0 Å². The summed E-state index contributed by atoms with van der Waals surface area (Å²) in [7, 11) is 0. The van der Waals surface area contributed by atoms with Crippen molar-refractivity contribution in [2.75, 3.05) is 0 Å². The van der Waals surface area contributed by atoms with Gasteiger partial charge in [0.1, 0.15) is 0 Å². The van der Waals surface area contributed by atoms with Crippen molar-refractivity contribution in [3.63, 3.8) is 0 Å². The van der Waals surface area contributed by atoms with Crippen LogP contribution in [0.15, 0.2) is 0 Å². The number of rotatable bonds is 0. The Hall–Kier alpha value is 2.62. The molecule has 1 radical (unpaired) electrons. The molecule has 0 N–H and O–H groups in total. The first-order valence-electron chi connectivity index (χ1n) is 0. The van der Waals surface area contributed by atoms with E-state index >= 15 is 0 Å².